The summed E-state index contributed by atoms with van der Waals surface area (Å²) in [6.45, 7) is 5.55. The monoisotopic (exact) mass is 265 g/mol. The van der Waals surface area contributed by atoms with Crippen molar-refractivity contribution >= 4 is 16.7 Å². The number of hydrogen-bond donors (Lipinski definition) is 0. The lowest BCUT2D eigenvalue weighted by molar-refractivity contribution is 0.388. The molecule has 3 nitrogen and oxygen atoms in total. The lowest BCUT2D eigenvalue weighted by Crippen LogP contribution is -2.41. The van der Waals surface area contributed by atoms with Crippen LogP contribution < -0.4 is 4.90 Å². The van der Waals surface area contributed by atoms with Crippen LogP contribution in [0.15, 0.2) is 30.3 Å². The summed E-state index contributed by atoms with van der Waals surface area (Å²) in [7, 11) is 0. The third-order valence-electron chi connectivity index (χ3n) is 4.24. The van der Waals surface area contributed by atoms with E-state index in [1.165, 1.54) is 12.8 Å². The highest BCUT2D eigenvalue weighted by atomic mass is 15.2. The van der Waals surface area contributed by atoms with Gasteiger partial charge in [0.1, 0.15) is 5.82 Å². The largest absolute Gasteiger partial charge is 0.354 e. The number of benzene rings is 1. The van der Waals surface area contributed by atoms with Crippen molar-refractivity contribution in [3.8, 4) is 6.07 Å². The van der Waals surface area contributed by atoms with Gasteiger partial charge in [0, 0.05) is 18.0 Å². The van der Waals surface area contributed by atoms with E-state index in [0.29, 0.717) is 12.0 Å². The van der Waals surface area contributed by atoms with Crippen molar-refractivity contribution in [2.24, 2.45) is 5.92 Å². The summed E-state index contributed by atoms with van der Waals surface area (Å²) in [5.74, 6) is 1.63. The molecule has 0 N–H and O–H groups in total. The molecule has 1 saturated heterocycles. The standard InChI is InChI=1S/C17H19N3/c1-12-7-8-13(2)20(11-12)17-9-14(10-18)15-5-3-4-6-16(15)19-17/h3-6,9,12-13H,7-8,11H2,1-2H3. The summed E-state index contributed by atoms with van der Waals surface area (Å²) in [6, 6.07) is 12.6. The third-order valence-corrected chi connectivity index (χ3v) is 4.24. The van der Waals surface area contributed by atoms with Gasteiger partial charge in [0.2, 0.25) is 0 Å². The molecule has 3 rings (SSSR count). The molecule has 2 heterocycles. The Kier molecular flexibility index (Phi) is 3.31. The molecular formula is C17H19N3. The topological polar surface area (TPSA) is 39.9 Å². The maximum atomic E-state index is 9.38. The quantitative estimate of drug-likeness (QED) is 0.788. The van der Waals surface area contributed by atoms with Crippen LogP contribution in [0.1, 0.15) is 32.3 Å². The minimum atomic E-state index is 0.492. The van der Waals surface area contributed by atoms with Gasteiger partial charge in [-0.3, -0.25) is 0 Å². The maximum absolute atomic E-state index is 9.38. The van der Waals surface area contributed by atoms with Crippen molar-refractivity contribution in [2.45, 2.75) is 32.7 Å². The molecule has 0 radical (unpaired) electrons. The summed E-state index contributed by atoms with van der Waals surface area (Å²) in [5.41, 5.74) is 1.63. The first kappa shape index (κ1) is 12.9. The Morgan fingerprint density at radius 1 is 1.25 bits per heavy atom. The van der Waals surface area contributed by atoms with Gasteiger partial charge in [-0.2, -0.15) is 5.26 Å². The molecule has 2 atom stereocenters. The van der Waals surface area contributed by atoms with Crippen LogP contribution in [0, 0.1) is 17.2 Å². The van der Waals surface area contributed by atoms with E-state index in [2.05, 4.69) is 24.8 Å². The van der Waals surface area contributed by atoms with Gasteiger partial charge in [-0.15, -0.1) is 0 Å². The summed E-state index contributed by atoms with van der Waals surface area (Å²) in [4.78, 5) is 7.12. The Hall–Kier alpha value is -2.08. The number of rotatable bonds is 1. The second kappa shape index (κ2) is 5.13. The lowest BCUT2D eigenvalue weighted by atomic mass is 9.95. The van der Waals surface area contributed by atoms with E-state index in [1.54, 1.807) is 0 Å². The number of fused-ring (bicyclic) bond motifs is 1. The van der Waals surface area contributed by atoms with Crippen LogP contribution in [0.4, 0.5) is 5.82 Å². The highest BCUT2D eigenvalue weighted by Crippen LogP contribution is 2.29. The number of para-hydroxylation sites is 1. The van der Waals surface area contributed by atoms with E-state index < -0.39 is 0 Å². The van der Waals surface area contributed by atoms with Crippen molar-refractivity contribution in [3.63, 3.8) is 0 Å². The Labute approximate surface area is 119 Å². The summed E-state index contributed by atoms with van der Waals surface area (Å²) in [5, 5.41) is 10.3. The van der Waals surface area contributed by atoms with E-state index >= 15 is 0 Å². The van der Waals surface area contributed by atoms with E-state index in [-0.39, 0.29) is 0 Å². The maximum Gasteiger partial charge on any atom is 0.130 e. The highest BCUT2D eigenvalue weighted by molar-refractivity contribution is 5.86. The molecule has 0 spiro atoms. The van der Waals surface area contributed by atoms with Crippen molar-refractivity contribution in [2.75, 3.05) is 11.4 Å². The Bertz CT molecular complexity index is 671. The van der Waals surface area contributed by atoms with Gasteiger partial charge in [0.05, 0.1) is 17.1 Å². The number of nitrogens with zero attached hydrogens (tertiary/aromatic N) is 3. The van der Waals surface area contributed by atoms with Crippen molar-refractivity contribution in [1.82, 2.24) is 4.98 Å². The molecule has 2 unspecified atom stereocenters. The van der Waals surface area contributed by atoms with E-state index in [4.69, 9.17) is 4.98 Å². The number of pyridine rings is 1. The van der Waals surface area contributed by atoms with Crippen LogP contribution in [0.5, 0.6) is 0 Å². The molecule has 20 heavy (non-hydrogen) atoms. The van der Waals surface area contributed by atoms with Crippen LogP contribution in [0.2, 0.25) is 0 Å². The average Bonchev–Trinajstić information content (AvgIpc) is 2.48. The molecule has 1 aliphatic rings. The molecule has 0 saturated carbocycles. The molecule has 1 aliphatic heterocycles. The normalized spacial score (nSPS) is 22.8. The van der Waals surface area contributed by atoms with Crippen molar-refractivity contribution in [3.05, 3.63) is 35.9 Å². The molecule has 102 valence electrons. The smallest absolute Gasteiger partial charge is 0.130 e. The molecule has 0 aliphatic carbocycles. The van der Waals surface area contributed by atoms with Gasteiger partial charge in [-0.1, -0.05) is 25.1 Å². The molecule has 3 heteroatoms. The fourth-order valence-corrected chi connectivity index (χ4v) is 3.01. The fourth-order valence-electron chi connectivity index (χ4n) is 3.01. The summed E-state index contributed by atoms with van der Waals surface area (Å²) < 4.78 is 0. The Morgan fingerprint density at radius 2 is 2.05 bits per heavy atom. The zero-order chi connectivity index (χ0) is 14.1. The van der Waals surface area contributed by atoms with Crippen LogP contribution in [-0.4, -0.2) is 17.6 Å². The van der Waals surface area contributed by atoms with Crippen molar-refractivity contribution < 1.29 is 0 Å². The fraction of sp³-hybridized carbons (Fsp3) is 0.412. The lowest BCUT2D eigenvalue weighted by Gasteiger charge is -2.37. The molecule has 1 fully saturated rings. The molecule has 0 amide bonds. The average molecular weight is 265 g/mol. The minimum Gasteiger partial charge on any atom is -0.354 e. The Morgan fingerprint density at radius 3 is 2.85 bits per heavy atom. The van der Waals surface area contributed by atoms with Crippen molar-refractivity contribution in [1.29, 1.82) is 5.26 Å². The molecule has 0 bridgehead atoms. The van der Waals surface area contributed by atoms with E-state index in [9.17, 15) is 5.26 Å². The predicted molar refractivity (Wildman–Crippen MR) is 81.7 cm³/mol. The van der Waals surface area contributed by atoms with Crippen LogP contribution in [0.25, 0.3) is 10.9 Å². The Balaban J connectivity index is 2.10. The summed E-state index contributed by atoms with van der Waals surface area (Å²) in [6.07, 6.45) is 2.47. The minimum absolute atomic E-state index is 0.492. The zero-order valence-corrected chi connectivity index (χ0v) is 12.0. The van der Waals surface area contributed by atoms with E-state index in [1.807, 2.05) is 30.3 Å². The first-order chi connectivity index (χ1) is 9.69. The number of hydrogen-bond acceptors (Lipinski definition) is 3. The first-order valence-corrected chi connectivity index (χ1v) is 7.25. The molecule has 1 aromatic carbocycles. The van der Waals surface area contributed by atoms with Gasteiger partial charge in [-0.05, 0) is 37.8 Å². The van der Waals surface area contributed by atoms with Crippen LogP contribution >= 0.6 is 0 Å². The van der Waals surface area contributed by atoms with Crippen LogP contribution in [0.3, 0.4) is 0 Å². The SMILES string of the molecule is CC1CCC(C)N(c2cc(C#N)c3ccccc3n2)C1. The molecule has 1 aromatic heterocycles. The molecular weight excluding hydrogens is 246 g/mol. The van der Waals surface area contributed by atoms with Gasteiger partial charge in [-0.25, -0.2) is 4.98 Å². The third kappa shape index (κ3) is 2.22. The van der Waals surface area contributed by atoms with Gasteiger partial charge in [0.25, 0.3) is 0 Å². The summed E-state index contributed by atoms with van der Waals surface area (Å²) >= 11 is 0. The number of aromatic nitrogens is 1. The number of anilines is 1. The number of nitriles is 1. The van der Waals surface area contributed by atoms with Gasteiger partial charge < -0.3 is 4.90 Å². The first-order valence-electron chi connectivity index (χ1n) is 7.25. The zero-order valence-electron chi connectivity index (χ0n) is 12.0. The second-order valence-corrected chi connectivity index (χ2v) is 5.84. The highest BCUT2D eigenvalue weighted by Gasteiger charge is 2.24. The van der Waals surface area contributed by atoms with Crippen LogP contribution in [-0.2, 0) is 0 Å². The predicted octanol–water partition coefficient (Wildman–Crippen LogP) is 3.73. The van der Waals surface area contributed by atoms with Gasteiger partial charge in [0.15, 0.2) is 0 Å². The number of piperidine rings is 1. The second-order valence-electron chi connectivity index (χ2n) is 5.84. The van der Waals surface area contributed by atoms with E-state index in [0.717, 1.165) is 28.8 Å². The van der Waals surface area contributed by atoms with Gasteiger partial charge >= 0.3 is 0 Å². The molecule has 2 aromatic rings.